The molecule has 0 atom stereocenters. The lowest BCUT2D eigenvalue weighted by molar-refractivity contribution is -0.109. The van der Waals surface area contributed by atoms with Crippen molar-refractivity contribution in [2.75, 3.05) is 6.61 Å². The number of carbonyl (C=O) groups excluding carboxylic acids is 1. The number of carbonyl (C=O) groups is 1. The molecule has 2 nitrogen and oxygen atoms in total. The second kappa shape index (κ2) is 4.67. The van der Waals surface area contributed by atoms with Crippen LogP contribution in [-0.4, -0.2) is 12.9 Å². The molecule has 0 aliphatic carbocycles. The third-order valence-corrected chi connectivity index (χ3v) is 2.40. The summed E-state index contributed by atoms with van der Waals surface area (Å²) in [5, 5.41) is 0.546. The molecule has 0 unspecified atom stereocenters. The van der Waals surface area contributed by atoms with E-state index in [4.69, 9.17) is 16.3 Å². The van der Waals surface area contributed by atoms with Gasteiger partial charge in [-0.2, -0.15) is 0 Å². The van der Waals surface area contributed by atoms with Crippen LogP contribution in [0.3, 0.4) is 0 Å². The highest BCUT2D eigenvalue weighted by Gasteiger charge is 2.15. The second-order valence-corrected chi connectivity index (χ2v) is 4.78. The summed E-state index contributed by atoms with van der Waals surface area (Å²) in [7, 11) is 0. The molecule has 82 valence electrons. The maximum absolute atomic E-state index is 10.1. The van der Waals surface area contributed by atoms with E-state index in [-0.39, 0.29) is 12.0 Å². The summed E-state index contributed by atoms with van der Waals surface area (Å²) in [6.45, 7) is 6.38. The van der Waals surface area contributed by atoms with Gasteiger partial charge in [-0.05, 0) is 23.1 Å². The molecule has 1 rings (SSSR count). The molecule has 0 saturated heterocycles. The molecule has 0 bridgehead atoms. The molecule has 0 aromatic heterocycles. The van der Waals surface area contributed by atoms with E-state index >= 15 is 0 Å². The van der Waals surface area contributed by atoms with Crippen molar-refractivity contribution >= 4 is 17.9 Å². The number of aldehydes is 1. The van der Waals surface area contributed by atoms with E-state index in [0.29, 0.717) is 17.1 Å². The first-order chi connectivity index (χ1) is 6.95. The largest absolute Gasteiger partial charge is 0.485 e. The Balaban J connectivity index is 2.93. The van der Waals surface area contributed by atoms with Crippen molar-refractivity contribution in [1.82, 2.24) is 0 Å². The van der Waals surface area contributed by atoms with Gasteiger partial charge in [0.15, 0.2) is 6.29 Å². The first-order valence-corrected chi connectivity index (χ1v) is 5.19. The molecule has 0 saturated carbocycles. The fourth-order valence-corrected chi connectivity index (χ4v) is 1.44. The van der Waals surface area contributed by atoms with Gasteiger partial charge in [-0.25, -0.2) is 0 Å². The molecule has 15 heavy (non-hydrogen) atoms. The Hall–Kier alpha value is -1.02. The van der Waals surface area contributed by atoms with Crippen LogP contribution < -0.4 is 4.74 Å². The maximum atomic E-state index is 10.1. The molecule has 0 radical (unpaired) electrons. The lowest BCUT2D eigenvalue weighted by Gasteiger charge is -2.19. The van der Waals surface area contributed by atoms with Gasteiger partial charge in [0.05, 0.1) is 5.02 Å². The summed E-state index contributed by atoms with van der Waals surface area (Å²) >= 11 is 6.03. The number of hydrogen-bond donors (Lipinski definition) is 0. The molecule has 0 N–H and O–H groups in total. The summed E-state index contributed by atoms with van der Waals surface area (Å²) in [6.07, 6.45) is 0.702. The fraction of sp³-hybridized carbons (Fsp3) is 0.417. The zero-order chi connectivity index (χ0) is 11.5. The number of benzene rings is 1. The van der Waals surface area contributed by atoms with Crippen molar-refractivity contribution in [1.29, 1.82) is 0 Å². The predicted octanol–water partition coefficient (Wildman–Crippen LogP) is 3.22. The summed E-state index contributed by atoms with van der Waals surface area (Å²) < 4.78 is 5.15. The monoisotopic (exact) mass is 226 g/mol. The van der Waals surface area contributed by atoms with E-state index in [0.717, 1.165) is 5.56 Å². The zero-order valence-electron chi connectivity index (χ0n) is 9.21. The minimum Gasteiger partial charge on any atom is -0.485 e. The second-order valence-electron chi connectivity index (χ2n) is 4.37. The third-order valence-electron chi connectivity index (χ3n) is 2.10. The van der Waals surface area contributed by atoms with Gasteiger partial charge >= 0.3 is 0 Å². The first-order valence-electron chi connectivity index (χ1n) is 4.81. The molecule has 1 aromatic carbocycles. The highest BCUT2D eigenvalue weighted by atomic mass is 35.5. The Morgan fingerprint density at radius 2 is 2.07 bits per heavy atom. The van der Waals surface area contributed by atoms with E-state index in [1.807, 2.05) is 12.1 Å². The van der Waals surface area contributed by atoms with Gasteiger partial charge in [0.2, 0.25) is 0 Å². The van der Waals surface area contributed by atoms with Gasteiger partial charge in [0, 0.05) is 0 Å². The van der Waals surface area contributed by atoms with Crippen LogP contribution in [0.5, 0.6) is 5.75 Å². The Kier molecular flexibility index (Phi) is 3.75. The van der Waals surface area contributed by atoms with Crippen LogP contribution in [0.1, 0.15) is 26.3 Å². The Bertz CT molecular complexity index is 353. The highest BCUT2D eigenvalue weighted by Crippen LogP contribution is 2.30. The van der Waals surface area contributed by atoms with Gasteiger partial charge in [-0.1, -0.05) is 38.4 Å². The van der Waals surface area contributed by atoms with Crippen LogP contribution in [-0.2, 0) is 10.2 Å². The number of hydrogen-bond acceptors (Lipinski definition) is 2. The van der Waals surface area contributed by atoms with Crippen LogP contribution >= 0.6 is 11.6 Å². The molecular weight excluding hydrogens is 212 g/mol. The molecule has 3 heteroatoms. The Morgan fingerprint density at radius 3 is 2.53 bits per heavy atom. The molecule has 0 heterocycles. The topological polar surface area (TPSA) is 26.3 Å². The van der Waals surface area contributed by atoms with Crippen molar-refractivity contribution in [3.8, 4) is 5.75 Å². The normalized spacial score (nSPS) is 11.2. The van der Waals surface area contributed by atoms with Crippen LogP contribution in [0.4, 0.5) is 0 Å². The van der Waals surface area contributed by atoms with Crippen molar-refractivity contribution in [2.45, 2.75) is 26.2 Å². The van der Waals surface area contributed by atoms with E-state index in [1.165, 1.54) is 0 Å². The van der Waals surface area contributed by atoms with Crippen molar-refractivity contribution in [3.63, 3.8) is 0 Å². The van der Waals surface area contributed by atoms with E-state index < -0.39 is 0 Å². The van der Waals surface area contributed by atoms with Crippen molar-refractivity contribution < 1.29 is 9.53 Å². The number of halogens is 1. The van der Waals surface area contributed by atoms with Gasteiger partial charge in [-0.15, -0.1) is 0 Å². The van der Waals surface area contributed by atoms with Crippen LogP contribution in [0.25, 0.3) is 0 Å². The Labute approximate surface area is 95.2 Å². The molecule has 0 amide bonds. The molecular formula is C12H15ClO2. The summed E-state index contributed by atoms with van der Waals surface area (Å²) in [5.74, 6) is 0.553. The van der Waals surface area contributed by atoms with Crippen LogP contribution in [0.2, 0.25) is 5.02 Å². The van der Waals surface area contributed by atoms with E-state index in [1.54, 1.807) is 6.07 Å². The smallest absolute Gasteiger partial charge is 0.157 e. The van der Waals surface area contributed by atoms with Gasteiger partial charge in [0.1, 0.15) is 12.4 Å². The maximum Gasteiger partial charge on any atom is 0.157 e. The minimum atomic E-state index is 0.0363. The summed E-state index contributed by atoms with van der Waals surface area (Å²) in [5.41, 5.74) is 1.21. The first kappa shape index (κ1) is 12.1. The highest BCUT2D eigenvalue weighted by molar-refractivity contribution is 6.32. The van der Waals surface area contributed by atoms with Gasteiger partial charge in [-0.3, -0.25) is 4.79 Å². The Morgan fingerprint density at radius 1 is 1.40 bits per heavy atom. The van der Waals surface area contributed by atoms with Crippen molar-refractivity contribution in [2.24, 2.45) is 0 Å². The summed E-state index contributed by atoms with van der Waals surface area (Å²) in [6, 6.07) is 5.64. The van der Waals surface area contributed by atoms with Crippen molar-refractivity contribution in [3.05, 3.63) is 28.8 Å². The average molecular weight is 227 g/mol. The minimum absolute atomic E-state index is 0.0363. The van der Waals surface area contributed by atoms with E-state index in [2.05, 4.69) is 20.8 Å². The average Bonchev–Trinajstić information content (AvgIpc) is 2.14. The molecule has 1 aromatic rings. The lowest BCUT2D eigenvalue weighted by atomic mass is 9.87. The summed E-state index contributed by atoms with van der Waals surface area (Å²) in [4.78, 5) is 10.1. The van der Waals surface area contributed by atoms with Crippen LogP contribution in [0, 0.1) is 0 Å². The lowest BCUT2D eigenvalue weighted by Crippen LogP contribution is -2.11. The zero-order valence-corrected chi connectivity index (χ0v) is 9.97. The number of ether oxygens (including phenoxy) is 1. The van der Waals surface area contributed by atoms with Gasteiger partial charge in [0.25, 0.3) is 0 Å². The SMILES string of the molecule is CC(C)(C)c1ccc(OCC=O)c(Cl)c1. The van der Waals surface area contributed by atoms with E-state index in [9.17, 15) is 4.79 Å². The molecule has 0 aliphatic rings. The fourth-order valence-electron chi connectivity index (χ4n) is 1.21. The standard InChI is InChI=1S/C12H15ClO2/c1-12(2,3)9-4-5-11(10(13)8-9)15-7-6-14/h4-6,8H,7H2,1-3H3. The molecule has 0 spiro atoms. The third kappa shape index (κ3) is 3.24. The predicted molar refractivity (Wildman–Crippen MR) is 61.7 cm³/mol. The molecule has 0 aliphatic heterocycles. The van der Waals surface area contributed by atoms with Crippen LogP contribution in [0.15, 0.2) is 18.2 Å². The molecule has 0 fully saturated rings. The number of rotatable bonds is 3. The quantitative estimate of drug-likeness (QED) is 0.740. The van der Waals surface area contributed by atoms with Gasteiger partial charge < -0.3 is 4.74 Å².